The number of aliphatic carboxylic acids is 1. The standard InChI is InChI=1S/C31H34F3N7O5/c1-5-21-14-23(28-25(7-8-26(40-28)45-4)41(21)30(44)46-6-2)39-29-36-16-24(37-17(3)9-27(42)43)22(38-29)13-18-10-19(15-35)12-20(11-18)31(32,33)34/h7-8,10-12,16-17,21,23,37H,5-6,9,13-14H2,1-4H3,(H,42,43)(H,36,38,39)/t17?,21-,23+/m1/s1. The first kappa shape index (κ1) is 33.8. The van der Waals surface area contributed by atoms with Gasteiger partial charge in [-0.2, -0.15) is 18.4 Å². The molecule has 4 rings (SSSR count). The average molecular weight is 642 g/mol. The third kappa shape index (κ3) is 7.92. The predicted octanol–water partition coefficient (Wildman–Crippen LogP) is 5.93. The van der Waals surface area contributed by atoms with Gasteiger partial charge in [0.1, 0.15) is 0 Å². The maximum absolute atomic E-state index is 13.6. The second-order valence-corrected chi connectivity index (χ2v) is 10.7. The van der Waals surface area contributed by atoms with Crippen molar-refractivity contribution in [2.75, 3.05) is 29.3 Å². The van der Waals surface area contributed by atoms with Crippen LogP contribution in [0, 0.1) is 11.3 Å². The molecule has 0 bridgehead atoms. The molecule has 1 aliphatic heterocycles. The molecule has 3 N–H and O–H groups in total. The zero-order valence-corrected chi connectivity index (χ0v) is 25.7. The number of amides is 1. The Morgan fingerprint density at radius 1 is 1.22 bits per heavy atom. The van der Waals surface area contributed by atoms with Gasteiger partial charge in [-0.05, 0) is 56.5 Å². The van der Waals surface area contributed by atoms with Crippen LogP contribution in [0.1, 0.15) is 74.2 Å². The molecule has 1 amide bonds. The van der Waals surface area contributed by atoms with Crippen molar-refractivity contribution in [1.82, 2.24) is 15.0 Å². The van der Waals surface area contributed by atoms with Crippen molar-refractivity contribution in [3.05, 3.63) is 64.6 Å². The first-order valence-electron chi connectivity index (χ1n) is 14.6. The number of nitrogens with one attached hydrogen (secondary N) is 2. The van der Waals surface area contributed by atoms with Gasteiger partial charge in [-0.1, -0.05) is 6.92 Å². The number of halogens is 3. The van der Waals surface area contributed by atoms with Crippen molar-refractivity contribution in [2.24, 2.45) is 0 Å². The number of carboxylic acids is 1. The van der Waals surface area contributed by atoms with Gasteiger partial charge < -0.3 is 25.2 Å². The lowest BCUT2D eigenvalue weighted by Crippen LogP contribution is -2.46. The van der Waals surface area contributed by atoms with Gasteiger partial charge in [0.2, 0.25) is 11.8 Å². The number of carbonyl (C=O) groups is 2. The molecule has 15 heteroatoms. The zero-order valence-electron chi connectivity index (χ0n) is 25.7. The number of carboxylic acid groups (broad SMARTS) is 1. The Labute approximate surface area is 263 Å². The van der Waals surface area contributed by atoms with E-state index in [1.165, 1.54) is 19.4 Å². The SMILES string of the molecule is CCOC(=O)N1c2ccc(OC)nc2[C@@H](Nc2ncc(NC(C)CC(=O)O)c(Cc3cc(C#N)cc(C(F)(F)F)c3)n2)C[C@H]1CC. The number of nitrogens with zero attached hydrogens (tertiary/aromatic N) is 5. The van der Waals surface area contributed by atoms with Gasteiger partial charge >= 0.3 is 18.2 Å². The predicted molar refractivity (Wildman–Crippen MR) is 162 cm³/mol. The molecule has 3 atom stereocenters. The van der Waals surface area contributed by atoms with Crippen molar-refractivity contribution in [2.45, 2.75) is 70.8 Å². The van der Waals surface area contributed by atoms with Crippen molar-refractivity contribution in [1.29, 1.82) is 5.26 Å². The Hall–Kier alpha value is -5.13. The Bertz CT molecular complexity index is 1630. The van der Waals surface area contributed by atoms with Gasteiger partial charge in [-0.3, -0.25) is 9.69 Å². The molecule has 0 saturated carbocycles. The van der Waals surface area contributed by atoms with Gasteiger partial charge in [0.25, 0.3) is 0 Å². The van der Waals surface area contributed by atoms with E-state index < -0.39 is 35.9 Å². The van der Waals surface area contributed by atoms with E-state index >= 15 is 0 Å². The fourth-order valence-electron chi connectivity index (χ4n) is 5.32. The van der Waals surface area contributed by atoms with Crippen LogP contribution in [-0.2, 0) is 22.1 Å². The van der Waals surface area contributed by atoms with E-state index in [0.29, 0.717) is 35.8 Å². The molecule has 3 aromatic rings. The van der Waals surface area contributed by atoms with Gasteiger partial charge in [-0.15, -0.1) is 0 Å². The summed E-state index contributed by atoms with van der Waals surface area (Å²) in [5.41, 5.74) is 0.627. The van der Waals surface area contributed by atoms with Crippen LogP contribution in [0.3, 0.4) is 0 Å². The highest BCUT2D eigenvalue weighted by molar-refractivity contribution is 5.90. The summed E-state index contributed by atoms with van der Waals surface area (Å²) in [7, 11) is 1.47. The van der Waals surface area contributed by atoms with Crippen LogP contribution in [0.15, 0.2) is 36.5 Å². The number of fused-ring (bicyclic) bond motifs is 1. The molecule has 1 aromatic carbocycles. The fraction of sp³-hybridized carbons (Fsp3) is 0.419. The molecule has 0 aliphatic carbocycles. The Morgan fingerprint density at radius 3 is 2.61 bits per heavy atom. The third-order valence-electron chi connectivity index (χ3n) is 7.36. The number of hydrogen-bond donors (Lipinski definition) is 3. The summed E-state index contributed by atoms with van der Waals surface area (Å²) in [5, 5.41) is 24.9. The highest BCUT2D eigenvalue weighted by Gasteiger charge is 2.38. The molecule has 0 spiro atoms. The van der Waals surface area contributed by atoms with Gasteiger partial charge in [-0.25, -0.2) is 19.7 Å². The number of anilines is 3. The van der Waals surface area contributed by atoms with Crippen LogP contribution in [0.25, 0.3) is 0 Å². The molecule has 12 nitrogen and oxygen atoms in total. The second-order valence-electron chi connectivity index (χ2n) is 10.7. The van der Waals surface area contributed by atoms with E-state index in [-0.39, 0.29) is 48.3 Å². The summed E-state index contributed by atoms with van der Waals surface area (Å²) in [5.74, 6) is -0.604. The molecule has 3 heterocycles. The Kier molecular flexibility index (Phi) is 10.5. The normalized spacial score (nSPS) is 16.5. The van der Waals surface area contributed by atoms with Gasteiger partial charge in [0.15, 0.2) is 0 Å². The minimum absolute atomic E-state index is 0.124. The van der Waals surface area contributed by atoms with Crippen molar-refractivity contribution in [3.8, 4) is 11.9 Å². The Balaban J connectivity index is 1.75. The summed E-state index contributed by atoms with van der Waals surface area (Å²) >= 11 is 0. The molecular formula is C31H34F3N7O5. The number of methoxy groups -OCH3 is 1. The number of hydrogen-bond acceptors (Lipinski definition) is 10. The van der Waals surface area contributed by atoms with E-state index in [1.807, 2.05) is 6.92 Å². The lowest BCUT2D eigenvalue weighted by molar-refractivity contribution is -0.138. The maximum atomic E-state index is 13.6. The molecule has 1 aliphatic rings. The fourth-order valence-corrected chi connectivity index (χ4v) is 5.32. The minimum Gasteiger partial charge on any atom is -0.481 e. The van der Waals surface area contributed by atoms with E-state index in [1.54, 1.807) is 36.9 Å². The van der Waals surface area contributed by atoms with Crippen LogP contribution in [0.5, 0.6) is 5.88 Å². The number of nitriles is 1. The number of pyridine rings is 1. The summed E-state index contributed by atoms with van der Waals surface area (Å²) in [6.07, 6.45) is -3.13. The van der Waals surface area contributed by atoms with Crippen LogP contribution in [0.2, 0.25) is 0 Å². The molecule has 0 saturated heterocycles. The molecule has 2 aromatic heterocycles. The third-order valence-corrected chi connectivity index (χ3v) is 7.36. The molecule has 46 heavy (non-hydrogen) atoms. The molecule has 244 valence electrons. The first-order chi connectivity index (χ1) is 21.9. The average Bonchev–Trinajstić information content (AvgIpc) is 3.00. The van der Waals surface area contributed by atoms with Crippen LogP contribution in [0.4, 0.5) is 35.3 Å². The highest BCUT2D eigenvalue weighted by atomic mass is 19.4. The van der Waals surface area contributed by atoms with E-state index in [9.17, 15) is 33.1 Å². The zero-order chi connectivity index (χ0) is 33.6. The maximum Gasteiger partial charge on any atom is 0.416 e. The molecule has 0 radical (unpaired) electrons. The van der Waals surface area contributed by atoms with Crippen LogP contribution in [-0.4, -0.2) is 57.9 Å². The van der Waals surface area contributed by atoms with E-state index in [0.717, 1.165) is 12.1 Å². The lowest BCUT2D eigenvalue weighted by atomic mass is 9.93. The van der Waals surface area contributed by atoms with Gasteiger partial charge in [0, 0.05) is 24.6 Å². The number of ether oxygens (including phenoxy) is 2. The number of aromatic nitrogens is 3. The topological polar surface area (TPSA) is 163 Å². The Morgan fingerprint density at radius 2 is 1.98 bits per heavy atom. The highest BCUT2D eigenvalue weighted by Crippen LogP contribution is 2.40. The summed E-state index contributed by atoms with van der Waals surface area (Å²) < 4.78 is 51.5. The second kappa shape index (κ2) is 14.3. The summed E-state index contributed by atoms with van der Waals surface area (Å²) in [4.78, 5) is 39.5. The van der Waals surface area contributed by atoms with Crippen molar-refractivity contribution >= 4 is 29.4 Å². The molecule has 0 fully saturated rings. The van der Waals surface area contributed by atoms with Gasteiger partial charge in [0.05, 0.1) is 72.3 Å². The number of alkyl halides is 3. The molecular weight excluding hydrogens is 607 g/mol. The largest absolute Gasteiger partial charge is 0.481 e. The lowest BCUT2D eigenvalue weighted by Gasteiger charge is -2.39. The van der Waals surface area contributed by atoms with Crippen molar-refractivity contribution in [3.63, 3.8) is 0 Å². The quantitative estimate of drug-likeness (QED) is 0.227. The van der Waals surface area contributed by atoms with Crippen LogP contribution >= 0.6 is 0 Å². The summed E-state index contributed by atoms with van der Waals surface area (Å²) in [6, 6.07) is 6.86. The smallest absolute Gasteiger partial charge is 0.416 e. The molecule has 1 unspecified atom stereocenters. The summed E-state index contributed by atoms with van der Waals surface area (Å²) in [6.45, 7) is 5.49. The van der Waals surface area contributed by atoms with Crippen molar-refractivity contribution < 1.29 is 37.3 Å². The first-order valence-corrected chi connectivity index (χ1v) is 14.6. The van der Waals surface area contributed by atoms with E-state index in [2.05, 4.69) is 25.6 Å². The number of rotatable bonds is 11. The number of benzene rings is 1. The monoisotopic (exact) mass is 641 g/mol. The minimum atomic E-state index is -4.67. The van der Waals surface area contributed by atoms with Crippen LogP contribution < -0.4 is 20.3 Å². The van der Waals surface area contributed by atoms with E-state index in [4.69, 9.17) is 9.47 Å². The number of carbonyl (C=O) groups excluding carboxylic acids is 1.